The van der Waals surface area contributed by atoms with Gasteiger partial charge in [-0.3, -0.25) is 9.78 Å². The van der Waals surface area contributed by atoms with Gasteiger partial charge in [0.1, 0.15) is 0 Å². The van der Waals surface area contributed by atoms with E-state index in [1.165, 1.54) is 6.07 Å². The molecule has 0 aliphatic carbocycles. The van der Waals surface area contributed by atoms with E-state index >= 15 is 0 Å². The molecule has 2 heterocycles. The van der Waals surface area contributed by atoms with Gasteiger partial charge >= 0.3 is 6.18 Å². The standard InChI is InChI=1S/C18H13F3N2OS/c19-18(20,21)14-3-1-2-13(10-14)15-4-5-16(25-15)17(24)23-11-12-6-8-22-9-7-12/h1-10H,11H2,(H,23,24). The summed E-state index contributed by atoms with van der Waals surface area (Å²) in [5.41, 5.74) is 0.646. The fourth-order valence-corrected chi connectivity index (χ4v) is 3.15. The van der Waals surface area contributed by atoms with Crippen molar-refractivity contribution in [1.29, 1.82) is 0 Å². The predicted octanol–water partition coefficient (Wildman–Crippen LogP) is 4.76. The monoisotopic (exact) mass is 362 g/mol. The van der Waals surface area contributed by atoms with Crippen LogP contribution in [0.15, 0.2) is 60.9 Å². The molecule has 0 fully saturated rings. The second kappa shape index (κ2) is 7.06. The number of amides is 1. The molecule has 0 aliphatic heterocycles. The Bertz CT molecular complexity index is 875. The van der Waals surface area contributed by atoms with E-state index in [0.29, 0.717) is 21.9 Å². The highest BCUT2D eigenvalue weighted by atomic mass is 32.1. The second-order valence-electron chi connectivity index (χ2n) is 5.28. The Morgan fingerprint density at radius 1 is 1.08 bits per heavy atom. The molecule has 3 rings (SSSR count). The molecule has 7 heteroatoms. The molecule has 0 atom stereocenters. The second-order valence-corrected chi connectivity index (χ2v) is 6.36. The summed E-state index contributed by atoms with van der Waals surface area (Å²) >= 11 is 1.16. The van der Waals surface area contributed by atoms with Crippen molar-refractivity contribution in [3.8, 4) is 10.4 Å². The third-order valence-corrected chi connectivity index (χ3v) is 4.64. The maximum atomic E-state index is 12.8. The predicted molar refractivity (Wildman–Crippen MR) is 90.2 cm³/mol. The first-order valence-electron chi connectivity index (χ1n) is 7.38. The smallest absolute Gasteiger partial charge is 0.347 e. The van der Waals surface area contributed by atoms with Gasteiger partial charge in [-0.25, -0.2) is 0 Å². The van der Waals surface area contributed by atoms with Crippen molar-refractivity contribution < 1.29 is 18.0 Å². The van der Waals surface area contributed by atoms with Crippen molar-refractivity contribution in [2.24, 2.45) is 0 Å². The quantitative estimate of drug-likeness (QED) is 0.727. The zero-order valence-electron chi connectivity index (χ0n) is 12.9. The number of nitrogens with zero attached hydrogens (tertiary/aromatic N) is 1. The number of carbonyl (C=O) groups is 1. The Kier molecular flexibility index (Phi) is 4.85. The van der Waals surface area contributed by atoms with Crippen LogP contribution in [-0.2, 0) is 12.7 Å². The van der Waals surface area contributed by atoms with Gasteiger partial charge in [0.05, 0.1) is 10.4 Å². The number of halogens is 3. The van der Waals surface area contributed by atoms with Gasteiger partial charge in [-0.05, 0) is 47.5 Å². The molecule has 0 spiro atoms. The van der Waals surface area contributed by atoms with Crippen molar-refractivity contribution in [3.63, 3.8) is 0 Å². The molecule has 0 bridgehead atoms. The zero-order valence-corrected chi connectivity index (χ0v) is 13.7. The van der Waals surface area contributed by atoms with Gasteiger partial charge in [0.25, 0.3) is 5.91 Å². The Morgan fingerprint density at radius 3 is 2.56 bits per heavy atom. The molecule has 1 N–H and O–H groups in total. The van der Waals surface area contributed by atoms with Crippen LogP contribution in [0, 0.1) is 0 Å². The van der Waals surface area contributed by atoms with E-state index in [-0.39, 0.29) is 5.91 Å². The van der Waals surface area contributed by atoms with Gasteiger partial charge in [0.15, 0.2) is 0 Å². The fraction of sp³-hybridized carbons (Fsp3) is 0.111. The summed E-state index contributed by atoms with van der Waals surface area (Å²) < 4.78 is 38.4. The first-order valence-corrected chi connectivity index (χ1v) is 8.20. The van der Waals surface area contributed by atoms with Crippen molar-refractivity contribution in [1.82, 2.24) is 10.3 Å². The lowest BCUT2D eigenvalue weighted by atomic mass is 10.1. The largest absolute Gasteiger partial charge is 0.416 e. The first kappa shape index (κ1) is 17.2. The molecule has 128 valence electrons. The minimum absolute atomic E-state index is 0.264. The SMILES string of the molecule is O=C(NCc1ccncc1)c1ccc(-c2cccc(C(F)(F)F)c2)s1. The number of hydrogen-bond donors (Lipinski definition) is 1. The molecular formula is C18H13F3N2OS. The maximum absolute atomic E-state index is 12.8. The van der Waals surface area contributed by atoms with Crippen molar-refractivity contribution in [2.45, 2.75) is 12.7 Å². The number of rotatable bonds is 4. The van der Waals surface area contributed by atoms with E-state index in [9.17, 15) is 18.0 Å². The van der Waals surface area contributed by atoms with Crippen LogP contribution in [0.2, 0.25) is 0 Å². The fourth-order valence-electron chi connectivity index (χ4n) is 2.23. The molecule has 25 heavy (non-hydrogen) atoms. The molecule has 1 aromatic carbocycles. The van der Waals surface area contributed by atoms with Gasteiger partial charge in [-0.15, -0.1) is 11.3 Å². The number of benzene rings is 1. The van der Waals surface area contributed by atoms with E-state index in [2.05, 4.69) is 10.3 Å². The van der Waals surface area contributed by atoms with Crippen molar-refractivity contribution >= 4 is 17.2 Å². The van der Waals surface area contributed by atoms with Crippen molar-refractivity contribution in [2.75, 3.05) is 0 Å². The van der Waals surface area contributed by atoms with Crippen LogP contribution >= 0.6 is 11.3 Å². The summed E-state index contributed by atoms with van der Waals surface area (Å²) in [7, 11) is 0. The summed E-state index contributed by atoms with van der Waals surface area (Å²) in [5, 5.41) is 2.78. The summed E-state index contributed by atoms with van der Waals surface area (Å²) in [6.07, 6.45) is -1.12. The van der Waals surface area contributed by atoms with Gasteiger partial charge in [-0.1, -0.05) is 12.1 Å². The number of hydrogen-bond acceptors (Lipinski definition) is 3. The van der Waals surface area contributed by atoms with Crippen LogP contribution in [0.3, 0.4) is 0 Å². The lowest BCUT2D eigenvalue weighted by Crippen LogP contribution is -2.21. The molecular weight excluding hydrogens is 349 g/mol. The Hall–Kier alpha value is -2.67. The summed E-state index contributed by atoms with van der Waals surface area (Å²) in [4.78, 5) is 17.2. The minimum atomic E-state index is -4.39. The van der Waals surface area contributed by atoms with E-state index in [1.807, 2.05) is 0 Å². The van der Waals surface area contributed by atoms with Gasteiger partial charge in [-0.2, -0.15) is 13.2 Å². The molecule has 0 saturated heterocycles. The number of carbonyl (C=O) groups excluding carboxylic acids is 1. The van der Waals surface area contributed by atoms with Gasteiger partial charge < -0.3 is 5.32 Å². The third-order valence-electron chi connectivity index (χ3n) is 3.51. The van der Waals surface area contributed by atoms with Crippen LogP contribution in [0.25, 0.3) is 10.4 Å². The number of alkyl halides is 3. The van der Waals surface area contributed by atoms with Gasteiger partial charge in [0, 0.05) is 23.8 Å². The van der Waals surface area contributed by atoms with E-state index in [4.69, 9.17) is 0 Å². The molecule has 3 nitrogen and oxygen atoms in total. The number of thiophene rings is 1. The highest BCUT2D eigenvalue weighted by molar-refractivity contribution is 7.17. The normalized spacial score (nSPS) is 11.3. The molecule has 0 aliphatic rings. The molecule has 3 aromatic rings. The number of nitrogens with one attached hydrogen (secondary N) is 1. The Labute approximate surface area is 146 Å². The highest BCUT2D eigenvalue weighted by Crippen LogP contribution is 2.34. The topological polar surface area (TPSA) is 42.0 Å². The van der Waals surface area contributed by atoms with Crippen LogP contribution in [0.4, 0.5) is 13.2 Å². The lowest BCUT2D eigenvalue weighted by molar-refractivity contribution is -0.137. The van der Waals surface area contributed by atoms with Crippen molar-refractivity contribution in [3.05, 3.63) is 76.9 Å². The molecule has 1 amide bonds. The molecule has 0 unspecified atom stereocenters. The van der Waals surface area contributed by atoms with E-state index in [1.54, 1.807) is 42.7 Å². The van der Waals surface area contributed by atoms with Gasteiger partial charge in [0.2, 0.25) is 0 Å². The number of aromatic nitrogens is 1. The lowest BCUT2D eigenvalue weighted by Gasteiger charge is -2.07. The summed E-state index contributed by atoms with van der Waals surface area (Å²) in [5.74, 6) is -0.264. The average molecular weight is 362 g/mol. The highest BCUT2D eigenvalue weighted by Gasteiger charge is 2.30. The third kappa shape index (κ3) is 4.24. The van der Waals surface area contributed by atoms with Crippen LogP contribution in [0.5, 0.6) is 0 Å². The first-order chi connectivity index (χ1) is 11.9. The molecule has 0 saturated carbocycles. The minimum Gasteiger partial charge on any atom is -0.347 e. The maximum Gasteiger partial charge on any atom is 0.416 e. The number of pyridine rings is 1. The zero-order chi connectivity index (χ0) is 17.9. The molecule has 0 radical (unpaired) electrons. The Morgan fingerprint density at radius 2 is 1.84 bits per heavy atom. The summed E-state index contributed by atoms with van der Waals surface area (Å²) in [6.45, 7) is 0.359. The summed E-state index contributed by atoms with van der Waals surface area (Å²) in [6, 6.07) is 11.9. The average Bonchev–Trinajstić information content (AvgIpc) is 3.10. The van der Waals surface area contributed by atoms with Crippen LogP contribution in [-0.4, -0.2) is 10.9 Å². The van der Waals surface area contributed by atoms with E-state index < -0.39 is 11.7 Å². The van der Waals surface area contributed by atoms with Crippen LogP contribution < -0.4 is 5.32 Å². The molecule has 2 aromatic heterocycles. The Balaban J connectivity index is 1.73. The van der Waals surface area contributed by atoms with Crippen LogP contribution in [0.1, 0.15) is 20.8 Å². The van der Waals surface area contributed by atoms with E-state index in [0.717, 1.165) is 29.0 Å².